The summed E-state index contributed by atoms with van der Waals surface area (Å²) in [5.74, 6) is -0.234. The van der Waals surface area contributed by atoms with Crippen molar-refractivity contribution < 1.29 is 35.8 Å². The average molecular weight is 514 g/mol. The van der Waals surface area contributed by atoms with Crippen LogP contribution in [0.5, 0.6) is 5.75 Å². The van der Waals surface area contributed by atoms with Gasteiger partial charge in [0.1, 0.15) is 11.6 Å². The normalized spacial score (nSPS) is 16.3. The van der Waals surface area contributed by atoms with Crippen LogP contribution in [0.4, 0.5) is 17.6 Å². The molecule has 2 aromatic carbocycles. The summed E-state index contributed by atoms with van der Waals surface area (Å²) in [6, 6.07) is 7.13. The van der Waals surface area contributed by atoms with Crippen molar-refractivity contribution in [2.75, 3.05) is 12.9 Å². The Morgan fingerprint density at radius 1 is 1.11 bits per heavy atom. The minimum atomic E-state index is -5.02. The summed E-state index contributed by atoms with van der Waals surface area (Å²) in [6.45, 7) is 4.99. The lowest BCUT2D eigenvalue weighted by Gasteiger charge is -2.38. The monoisotopic (exact) mass is 513 g/mol. The van der Waals surface area contributed by atoms with Gasteiger partial charge in [0.15, 0.2) is 15.4 Å². The van der Waals surface area contributed by atoms with Gasteiger partial charge in [0, 0.05) is 35.7 Å². The van der Waals surface area contributed by atoms with Gasteiger partial charge in [-0.05, 0) is 60.2 Å². The molecule has 10 heteroatoms. The molecule has 0 radical (unpaired) electrons. The van der Waals surface area contributed by atoms with Crippen molar-refractivity contribution in [2.24, 2.45) is 0 Å². The number of rotatable bonds is 6. The van der Waals surface area contributed by atoms with Gasteiger partial charge in [0.2, 0.25) is 0 Å². The van der Waals surface area contributed by atoms with Gasteiger partial charge >= 0.3 is 6.18 Å². The Morgan fingerprint density at radius 3 is 2.43 bits per heavy atom. The Morgan fingerprint density at radius 2 is 1.80 bits per heavy atom. The first-order valence-corrected chi connectivity index (χ1v) is 13.0. The molecular weight excluding hydrogens is 486 g/mol. The van der Waals surface area contributed by atoms with Crippen molar-refractivity contribution in [1.82, 2.24) is 4.98 Å². The highest BCUT2D eigenvalue weighted by molar-refractivity contribution is 7.90. The summed E-state index contributed by atoms with van der Waals surface area (Å²) >= 11 is 0. The van der Waals surface area contributed by atoms with E-state index < -0.39 is 45.7 Å². The topological polar surface area (TPSA) is 79.4 Å². The maximum Gasteiger partial charge on any atom is 0.417 e. The molecule has 190 valence electrons. The summed E-state index contributed by atoms with van der Waals surface area (Å²) in [4.78, 5) is 2.66. The van der Waals surface area contributed by atoms with Gasteiger partial charge in [-0.3, -0.25) is 0 Å². The van der Waals surface area contributed by atoms with Crippen molar-refractivity contribution in [3.8, 4) is 5.75 Å². The molecule has 3 aromatic rings. The Labute approximate surface area is 201 Å². The molecule has 1 aliphatic heterocycles. The lowest BCUT2D eigenvalue weighted by molar-refractivity contribution is -0.266. The summed E-state index contributed by atoms with van der Waals surface area (Å²) in [7, 11) is -3.63. The van der Waals surface area contributed by atoms with Crippen LogP contribution in [0.1, 0.15) is 42.7 Å². The molecular formula is C25H27F4NO4S. The maximum atomic E-state index is 14.3. The van der Waals surface area contributed by atoms with Crippen LogP contribution >= 0.6 is 0 Å². The molecule has 2 heterocycles. The van der Waals surface area contributed by atoms with Crippen LogP contribution < -0.4 is 4.74 Å². The smallest absolute Gasteiger partial charge is 0.417 e. The lowest BCUT2D eigenvalue weighted by Crippen LogP contribution is -2.51. The minimum absolute atomic E-state index is 0.0122. The van der Waals surface area contributed by atoms with Gasteiger partial charge in [-0.2, -0.15) is 13.2 Å². The molecule has 2 N–H and O–H groups in total. The fourth-order valence-electron chi connectivity index (χ4n) is 4.89. The van der Waals surface area contributed by atoms with E-state index >= 15 is 0 Å². The number of hydrogen-bond acceptors (Lipinski definition) is 4. The molecule has 0 spiro atoms. The average Bonchev–Trinajstić information content (AvgIpc) is 3.31. The van der Waals surface area contributed by atoms with E-state index in [1.54, 1.807) is 13.0 Å². The third-order valence-electron chi connectivity index (χ3n) is 6.54. The highest BCUT2D eigenvalue weighted by atomic mass is 32.2. The van der Waals surface area contributed by atoms with Crippen LogP contribution in [0, 0.1) is 12.7 Å². The fourth-order valence-corrected chi connectivity index (χ4v) is 5.58. The van der Waals surface area contributed by atoms with Crippen molar-refractivity contribution in [1.29, 1.82) is 0 Å². The molecule has 0 saturated heterocycles. The fraction of sp³-hybridized carbons (Fsp3) is 0.440. The van der Waals surface area contributed by atoms with E-state index in [1.807, 2.05) is 0 Å². The van der Waals surface area contributed by atoms with Gasteiger partial charge in [-0.15, -0.1) is 0 Å². The number of aliphatic hydroxyl groups is 1. The summed E-state index contributed by atoms with van der Waals surface area (Å²) in [5.41, 5.74) is -2.90. The largest absolute Gasteiger partial charge is 0.493 e. The SMILES string of the molecule is Cc1cc(F)c2[nH]c(CC(O)(CC(C)(C)c3cc(S(C)(=O)=O)cc4c3OCC4)C(F)(F)F)cc2c1. The maximum absolute atomic E-state index is 14.3. The second kappa shape index (κ2) is 8.23. The van der Waals surface area contributed by atoms with Gasteiger partial charge in [-0.1, -0.05) is 13.8 Å². The van der Waals surface area contributed by atoms with Gasteiger partial charge in [0.25, 0.3) is 0 Å². The van der Waals surface area contributed by atoms with Crippen LogP contribution in [-0.2, 0) is 28.1 Å². The Kier molecular flexibility index (Phi) is 6.00. The second-order valence-corrected chi connectivity index (χ2v) is 12.1. The predicted molar refractivity (Wildman–Crippen MR) is 124 cm³/mol. The van der Waals surface area contributed by atoms with Crippen molar-refractivity contribution >= 4 is 20.7 Å². The number of alkyl halides is 3. The van der Waals surface area contributed by atoms with Crippen molar-refractivity contribution in [3.63, 3.8) is 0 Å². The molecule has 0 bridgehead atoms. The number of fused-ring (bicyclic) bond motifs is 2. The molecule has 1 aliphatic rings. The Balaban J connectivity index is 1.77. The highest BCUT2D eigenvalue weighted by Crippen LogP contribution is 2.47. The van der Waals surface area contributed by atoms with E-state index in [9.17, 15) is 31.1 Å². The number of ether oxygens (including phenoxy) is 1. The molecule has 1 unspecified atom stereocenters. The molecule has 1 atom stereocenters. The number of aromatic amines is 1. The number of H-pyrrole nitrogens is 1. The minimum Gasteiger partial charge on any atom is -0.493 e. The van der Waals surface area contributed by atoms with Crippen LogP contribution in [-0.4, -0.2) is 43.1 Å². The summed E-state index contributed by atoms with van der Waals surface area (Å²) in [5, 5.41) is 11.4. The zero-order valence-corrected chi connectivity index (χ0v) is 20.6. The predicted octanol–water partition coefficient (Wildman–Crippen LogP) is 5.16. The Bertz CT molecular complexity index is 1410. The quantitative estimate of drug-likeness (QED) is 0.447. The van der Waals surface area contributed by atoms with E-state index in [0.717, 1.165) is 6.26 Å². The lowest BCUT2D eigenvalue weighted by atomic mass is 9.73. The van der Waals surface area contributed by atoms with Crippen LogP contribution in [0.15, 0.2) is 35.2 Å². The van der Waals surface area contributed by atoms with Crippen molar-refractivity contribution in [2.45, 2.75) is 62.1 Å². The molecule has 35 heavy (non-hydrogen) atoms. The van der Waals surface area contributed by atoms with Crippen LogP contribution in [0.25, 0.3) is 10.9 Å². The van der Waals surface area contributed by atoms with E-state index in [1.165, 1.54) is 38.1 Å². The number of aromatic nitrogens is 1. The number of nitrogens with one attached hydrogen (secondary N) is 1. The van der Waals surface area contributed by atoms with E-state index in [0.29, 0.717) is 28.7 Å². The summed E-state index contributed by atoms with van der Waals surface area (Å²) in [6.07, 6.45) is -5.16. The standard InChI is InChI=1S/C25H27F4NO4S/c1-14-7-16-9-17(30-21(16)20(26)8-14)12-24(31,25(27,28)29)13-23(2,3)19-11-18(35(4,32)33)10-15-5-6-34-22(15)19/h7-11,30-31H,5-6,12-13H2,1-4H3. The highest BCUT2D eigenvalue weighted by Gasteiger charge is 2.56. The molecule has 0 amide bonds. The van der Waals surface area contributed by atoms with Crippen LogP contribution in [0.2, 0.25) is 0 Å². The second-order valence-electron chi connectivity index (χ2n) is 10.1. The number of aryl methyl sites for hydroxylation is 1. The van der Waals surface area contributed by atoms with Gasteiger partial charge in [-0.25, -0.2) is 12.8 Å². The van der Waals surface area contributed by atoms with E-state index in [4.69, 9.17) is 4.74 Å². The molecule has 0 aliphatic carbocycles. The third kappa shape index (κ3) is 4.78. The molecule has 4 rings (SSSR count). The molecule has 5 nitrogen and oxygen atoms in total. The number of benzene rings is 2. The number of halogens is 4. The Hall–Kier alpha value is -2.59. The molecule has 0 fully saturated rings. The first-order valence-electron chi connectivity index (χ1n) is 11.1. The van der Waals surface area contributed by atoms with Crippen LogP contribution in [0.3, 0.4) is 0 Å². The van der Waals surface area contributed by atoms with Gasteiger partial charge < -0.3 is 14.8 Å². The summed E-state index contributed by atoms with van der Waals surface area (Å²) < 4.78 is 87.4. The first-order chi connectivity index (χ1) is 16.0. The zero-order chi connectivity index (χ0) is 26.0. The molecule has 0 saturated carbocycles. The third-order valence-corrected chi connectivity index (χ3v) is 7.63. The number of sulfone groups is 1. The molecule has 1 aromatic heterocycles. The van der Waals surface area contributed by atoms with E-state index in [2.05, 4.69) is 4.98 Å². The zero-order valence-electron chi connectivity index (χ0n) is 19.8. The number of hydrogen-bond donors (Lipinski definition) is 2. The van der Waals surface area contributed by atoms with Crippen molar-refractivity contribution in [3.05, 3.63) is 58.5 Å². The van der Waals surface area contributed by atoms with E-state index in [-0.39, 0.29) is 28.3 Å². The first kappa shape index (κ1) is 25.5. The van der Waals surface area contributed by atoms with Gasteiger partial charge in [0.05, 0.1) is 17.0 Å².